The fraction of sp³-hybridized carbons (Fsp3) is 0.250. The van der Waals surface area contributed by atoms with E-state index in [1.165, 1.54) is 33.4 Å². The second kappa shape index (κ2) is 25.3. The Morgan fingerprint density at radius 2 is 0.424 bits per heavy atom. The Balaban J connectivity index is 0.842. The first-order chi connectivity index (χ1) is 46.7. The maximum atomic E-state index is 5.17. The van der Waals surface area contributed by atoms with E-state index in [1.54, 1.807) is 0 Å². The summed E-state index contributed by atoms with van der Waals surface area (Å²) in [5.41, 5.74) is 39.7. The SMILES string of the molecule is CC(C)(C)c1ccc2c(c1)C(=C=C1C=C[C+](C#Cc3cc(C#C[C+]4C=CC(=C=C5c6cc(C(C)(C)C)ccc6[N-]c6ccc(C(C)(C)C)cc65)C=C4)cc(C#C[C+]4C=CC(=C=C5c6cc(C(C)(C)C)ccc6[N-]c6ccc(C(C)(C)C)cc65)C=C4)c3)C=C1)c1cc(C(C)(C)C)ccc1[N-]2. The molecule has 3 heterocycles. The van der Waals surface area contributed by atoms with Crippen LogP contribution in [0.1, 0.15) is 208 Å². The molecule has 7 aromatic carbocycles. The number of rotatable bonds is 0. The lowest BCUT2D eigenvalue weighted by Crippen LogP contribution is -2.13. The average molecular weight is 1280 g/mol. The van der Waals surface area contributed by atoms with E-state index in [-0.39, 0.29) is 32.5 Å². The minimum Gasteiger partial charge on any atom is -0.657 e. The summed E-state index contributed by atoms with van der Waals surface area (Å²) in [5, 5.41) is 15.5. The molecule has 0 spiro atoms. The molecule has 6 aliphatic rings. The quantitative estimate of drug-likeness (QED) is 0.0825. The lowest BCUT2D eigenvalue weighted by atomic mass is 9.80. The molecule has 3 aliphatic heterocycles. The van der Waals surface area contributed by atoms with E-state index in [0.29, 0.717) is 0 Å². The van der Waals surface area contributed by atoms with Gasteiger partial charge in [-0.1, -0.05) is 251 Å². The first-order valence-corrected chi connectivity index (χ1v) is 34.7. The maximum absolute atomic E-state index is 5.17. The Morgan fingerprint density at radius 1 is 0.242 bits per heavy atom. The summed E-state index contributed by atoms with van der Waals surface area (Å²) < 4.78 is 0. The predicted molar refractivity (Wildman–Crippen MR) is 419 cm³/mol. The molecule has 0 amide bonds. The molecule has 486 valence electrons. The van der Waals surface area contributed by atoms with Gasteiger partial charge in [0.25, 0.3) is 0 Å². The topological polar surface area (TPSA) is 42.3 Å². The van der Waals surface area contributed by atoms with Gasteiger partial charge in [0.15, 0.2) is 0 Å². The minimum absolute atomic E-state index is 0.0321. The maximum Gasteiger partial charge on any atom is 0.114 e. The molecule has 0 bridgehead atoms. The van der Waals surface area contributed by atoms with Crippen LogP contribution in [-0.4, -0.2) is 0 Å². The van der Waals surface area contributed by atoms with Crippen LogP contribution in [0.25, 0.3) is 32.7 Å². The van der Waals surface area contributed by atoms with Gasteiger partial charge in [-0.15, -0.1) is 34.1 Å². The second-order valence-corrected chi connectivity index (χ2v) is 33.0. The van der Waals surface area contributed by atoms with Crippen molar-refractivity contribution in [1.82, 2.24) is 0 Å². The van der Waals surface area contributed by atoms with Gasteiger partial charge >= 0.3 is 0 Å². The van der Waals surface area contributed by atoms with Crippen molar-refractivity contribution in [3.63, 3.8) is 0 Å². The number of allylic oxidation sites excluding steroid dienone is 15. The Hall–Kier alpha value is -10.8. The highest BCUT2D eigenvalue weighted by molar-refractivity contribution is 6.02. The molecule has 7 aromatic rings. The van der Waals surface area contributed by atoms with Crippen molar-refractivity contribution in [1.29, 1.82) is 0 Å². The Bertz CT molecular complexity index is 4400. The van der Waals surface area contributed by atoms with Gasteiger partial charge in [-0.3, -0.25) is 0 Å². The predicted octanol–water partition coefficient (Wildman–Crippen LogP) is 25.6. The van der Waals surface area contributed by atoms with E-state index < -0.39 is 0 Å². The molecule has 0 saturated carbocycles. The molecule has 0 radical (unpaired) electrons. The normalized spacial score (nSPS) is 15.0. The zero-order chi connectivity index (χ0) is 70.1. The zero-order valence-electron chi connectivity index (χ0n) is 60.9. The Kier molecular flexibility index (Phi) is 17.1. The zero-order valence-corrected chi connectivity index (χ0v) is 60.9. The van der Waals surface area contributed by atoms with E-state index in [1.807, 2.05) is 0 Å². The smallest absolute Gasteiger partial charge is 0.114 e. The lowest BCUT2D eigenvalue weighted by molar-refractivity contribution is 0.589. The van der Waals surface area contributed by atoms with Crippen LogP contribution in [0.2, 0.25) is 0 Å². The fourth-order valence-corrected chi connectivity index (χ4v) is 12.7. The van der Waals surface area contributed by atoms with Crippen LogP contribution in [-0.2, 0) is 32.5 Å². The standard InChI is InChI=1S/C96H87N3/c1-91(2,3)70-37-43-85-79(55-70)76(80-56-71(92(4,5)6)38-44-86(80)97-85)52-64-28-19-61(20-29-64)25-34-67-49-68(35-26-62-21-30-65(31-22-62)53-77-81-57-72(93(7,8)9)39-45-87(81)98-88-46-40-73(58-82(77)88)94(10,11)12)51-69(50-67)36-27-63-23-32-66(33-24-63)54-78-83-59-74(95(13,14)15)41-47-89(83)99-90-48-42-75(60-84(78)90)96(16,17)18/h19-24,28-33,37-51,55-60H,1-18H3. The highest BCUT2D eigenvalue weighted by Crippen LogP contribution is 2.53. The van der Waals surface area contributed by atoms with E-state index in [4.69, 9.17) is 16.0 Å². The van der Waals surface area contributed by atoms with Crippen LogP contribution in [0.5, 0.6) is 0 Å². The molecule has 3 aliphatic carbocycles. The highest BCUT2D eigenvalue weighted by atomic mass is 14.9. The summed E-state index contributed by atoms with van der Waals surface area (Å²) in [4.78, 5) is 0. The van der Waals surface area contributed by atoms with Crippen LogP contribution < -0.4 is 0 Å². The molecular formula is C96H87N3. The molecule has 0 unspecified atom stereocenters. The first kappa shape index (κ1) is 66.8. The van der Waals surface area contributed by atoms with Gasteiger partial charge in [-0.05, 0) is 117 Å². The lowest BCUT2D eigenvalue weighted by Gasteiger charge is -2.37. The van der Waals surface area contributed by atoms with Crippen molar-refractivity contribution >= 4 is 50.8 Å². The molecule has 3 nitrogen and oxygen atoms in total. The van der Waals surface area contributed by atoms with Gasteiger partial charge < -0.3 is 16.0 Å². The van der Waals surface area contributed by atoms with Crippen LogP contribution in [0.3, 0.4) is 0 Å². The fourth-order valence-electron chi connectivity index (χ4n) is 12.7. The second-order valence-electron chi connectivity index (χ2n) is 33.0. The summed E-state index contributed by atoms with van der Waals surface area (Å²) in [6, 6.07) is 46.2. The van der Waals surface area contributed by atoms with Crippen molar-refractivity contribution < 1.29 is 0 Å². The molecular weight excluding hydrogens is 1200 g/mol. The largest absolute Gasteiger partial charge is 0.657 e. The third-order valence-corrected chi connectivity index (χ3v) is 19.0. The number of nitrogens with zero attached hydrogens (tertiary/aromatic N) is 3. The molecule has 0 saturated heterocycles. The molecule has 0 atom stereocenters. The Morgan fingerprint density at radius 3 is 0.596 bits per heavy atom. The molecule has 99 heavy (non-hydrogen) atoms. The third kappa shape index (κ3) is 14.6. The van der Waals surface area contributed by atoms with Crippen molar-refractivity contribution in [2.45, 2.75) is 157 Å². The van der Waals surface area contributed by atoms with Gasteiger partial charge in [0, 0.05) is 107 Å². The third-order valence-electron chi connectivity index (χ3n) is 19.0. The number of hydrogen-bond donors (Lipinski definition) is 0. The van der Waals surface area contributed by atoms with Crippen LogP contribution in [0.15, 0.2) is 234 Å². The highest BCUT2D eigenvalue weighted by Gasteiger charge is 2.27. The van der Waals surface area contributed by atoms with Crippen molar-refractivity contribution in [2.24, 2.45) is 0 Å². The van der Waals surface area contributed by atoms with E-state index in [2.05, 4.69) is 378 Å². The minimum atomic E-state index is -0.0321. The van der Waals surface area contributed by atoms with Gasteiger partial charge in [0.2, 0.25) is 0 Å². The average Bonchev–Trinajstić information content (AvgIpc) is 0.766. The van der Waals surface area contributed by atoms with Gasteiger partial charge in [0.05, 0.1) is 51.2 Å². The number of fused-ring (bicyclic) bond motifs is 6. The van der Waals surface area contributed by atoms with Crippen molar-refractivity contribution in [2.75, 3.05) is 0 Å². The van der Waals surface area contributed by atoms with Crippen molar-refractivity contribution in [3.8, 4) is 35.5 Å². The Labute approximate surface area is 591 Å². The van der Waals surface area contributed by atoms with Crippen LogP contribution >= 0.6 is 0 Å². The van der Waals surface area contributed by atoms with Crippen molar-refractivity contribution in [3.05, 3.63) is 351 Å². The summed E-state index contributed by atoms with van der Waals surface area (Å²) in [5.74, 6) is 23.7. The first-order valence-electron chi connectivity index (χ1n) is 34.7. The van der Waals surface area contributed by atoms with E-state index >= 15 is 0 Å². The van der Waals surface area contributed by atoms with Gasteiger partial charge in [0.1, 0.15) is 17.8 Å². The molecule has 13 rings (SSSR count). The monoisotopic (exact) mass is 1280 g/mol. The summed E-state index contributed by atoms with van der Waals surface area (Å²) >= 11 is 0. The van der Waals surface area contributed by atoms with E-state index in [9.17, 15) is 0 Å². The van der Waals surface area contributed by atoms with E-state index in [0.717, 1.165) is 135 Å². The van der Waals surface area contributed by atoms with Gasteiger partial charge in [-0.25, -0.2) is 0 Å². The molecule has 0 fully saturated rings. The summed E-state index contributed by atoms with van der Waals surface area (Å²) in [6.45, 7) is 40.6. The summed E-state index contributed by atoms with van der Waals surface area (Å²) in [7, 11) is 0. The summed E-state index contributed by atoms with van der Waals surface area (Å²) in [6.07, 6.45) is 25.2. The number of benzene rings is 7. The van der Waals surface area contributed by atoms with Crippen LogP contribution in [0, 0.1) is 53.3 Å². The van der Waals surface area contributed by atoms with Gasteiger partial charge in [-0.2, -0.15) is 0 Å². The number of hydrogen-bond acceptors (Lipinski definition) is 0. The molecule has 0 N–H and O–H groups in total. The molecule has 0 aromatic heterocycles. The van der Waals surface area contributed by atoms with Crippen LogP contribution in [0.4, 0.5) is 34.1 Å². The molecule has 3 heteroatoms.